The first kappa shape index (κ1) is 16.9. The van der Waals surface area contributed by atoms with Crippen molar-refractivity contribution in [2.24, 2.45) is 0 Å². The molecule has 0 spiro atoms. The summed E-state index contributed by atoms with van der Waals surface area (Å²) in [7, 11) is 0. The lowest BCUT2D eigenvalue weighted by molar-refractivity contribution is 1.19. The van der Waals surface area contributed by atoms with E-state index in [-0.39, 0.29) is 0 Å². The third-order valence-electron chi connectivity index (χ3n) is 4.48. The predicted octanol–water partition coefficient (Wildman–Crippen LogP) is 6.76. The van der Waals surface area contributed by atoms with Crippen LogP contribution in [0.2, 0.25) is 0 Å². The number of para-hydroxylation sites is 3. The van der Waals surface area contributed by atoms with Crippen molar-refractivity contribution in [3.05, 3.63) is 120 Å². The van der Waals surface area contributed by atoms with Crippen molar-refractivity contribution in [2.75, 3.05) is 10.6 Å². The Kier molecular flexibility index (Phi) is 5.16. The third kappa shape index (κ3) is 4.56. The minimum absolute atomic E-state index is 0.890. The van der Waals surface area contributed by atoms with Crippen LogP contribution in [0, 0.1) is 0 Å². The van der Waals surface area contributed by atoms with Crippen molar-refractivity contribution in [3.8, 4) is 0 Å². The zero-order chi connectivity index (χ0) is 18.3. The van der Waals surface area contributed by atoms with E-state index in [4.69, 9.17) is 0 Å². The van der Waals surface area contributed by atoms with Crippen LogP contribution in [0.1, 0.15) is 11.1 Å². The number of nitrogens with one attached hydrogen (secondary N) is 2. The summed E-state index contributed by atoms with van der Waals surface area (Å²) in [6.45, 7) is 0. The number of hydrogen-bond acceptors (Lipinski definition) is 2. The molecule has 4 aromatic rings. The first-order valence-corrected chi connectivity index (χ1v) is 9.18. The second-order valence-electron chi connectivity index (χ2n) is 6.51. The van der Waals surface area contributed by atoms with E-state index >= 15 is 0 Å². The van der Waals surface area contributed by atoms with Gasteiger partial charge in [-0.25, -0.2) is 0 Å². The van der Waals surface area contributed by atoms with Gasteiger partial charge in [0.25, 0.3) is 0 Å². The average Bonchev–Trinajstić information content (AvgIpc) is 2.72. The largest absolute Gasteiger partial charge is 0.356 e. The van der Waals surface area contributed by atoms with Crippen molar-refractivity contribution in [1.82, 2.24) is 0 Å². The molecule has 2 N–H and O–H groups in total. The van der Waals surface area contributed by atoms with E-state index in [0.717, 1.165) is 29.2 Å². The average molecular weight is 350 g/mol. The molecule has 0 amide bonds. The molecular weight excluding hydrogens is 328 g/mol. The highest BCUT2D eigenvalue weighted by Gasteiger charge is 2.04. The van der Waals surface area contributed by atoms with E-state index < -0.39 is 0 Å². The molecule has 27 heavy (non-hydrogen) atoms. The molecule has 132 valence electrons. The molecular formula is C25H22N2. The number of rotatable bonds is 6. The number of hydrogen-bond donors (Lipinski definition) is 2. The molecule has 0 unspecified atom stereocenters. The highest BCUT2D eigenvalue weighted by Crippen LogP contribution is 2.24. The van der Waals surface area contributed by atoms with Gasteiger partial charge in [-0.05, 0) is 60.0 Å². The van der Waals surface area contributed by atoms with Crippen molar-refractivity contribution < 1.29 is 0 Å². The Morgan fingerprint density at radius 3 is 1.63 bits per heavy atom. The normalized spacial score (nSPS) is 10.4. The fourth-order valence-corrected chi connectivity index (χ4v) is 3.09. The zero-order valence-corrected chi connectivity index (χ0v) is 15.1. The van der Waals surface area contributed by atoms with Gasteiger partial charge in [-0.1, -0.05) is 66.7 Å². The van der Waals surface area contributed by atoms with Crippen LogP contribution in [-0.2, 0) is 6.42 Å². The lowest BCUT2D eigenvalue weighted by Gasteiger charge is -2.13. The molecule has 0 saturated heterocycles. The summed E-state index contributed by atoms with van der Waals surface area (Å²) in [5.74, 6) is 0. The van der Waals surface area contributed by atoms with Crippen molar-refractivity contribution in [2.45, 2.75) is 6.42 Å². The summed E-state index contributed by atoms with van der Waals surface area (Å²) in [6, 6.07) is 37.6. The van der Waals surface area contributed by atoms with Gasteiger partial charge in [-0.2, -0.15) is 0 Å². The van der Waals surface area contributed by atoms with Gasteiger partial charge in [0.05, 0.1) is 0 Å². The quantitative estimate of drug-likeness (QED) is 0.401. The van der Waals surface area contributed by atoms with E-state index in [0.29, 0.717) is 0 Å². The monoisotopic (exact) mass is 350 g/mol. The summed E-state index contributed by atoms with van der Waals surface area (Å²) in [5.41, 5.74) is 7.02. The molecule has 0 aliphatic carbocycles. The second kappa shape index (κ2) is 8.24. The van der Waals surface area contributed by atoms with Crippen LogP contribution >= 0.6 is 0 Å². The van der Waals surface area contributed by atoms with Crippen LogP contribution in [0.5, 0.6) is 0 Å². The Hall–Kier alpha value is -3.52. The predicted molar refractivity (Wildman–Crippen MR) is 115 cm³/mol. The maximum absolute atomic E-state index is 3.52. The van der Waals surface area contributed by atoms with E-state index in [1.807, 2.05) is 36.4 Å². The van der Waals surface area contributed by atoms with Crippen LogP contribution in [0.25, 0.3) is 0 Å². The topological polar surface area (TPSA) is 24.1 Å². The van der Waals surface area contributed by atoms with Gasteiger partial charge >= 0.3 is 0 Å². The fraction of sp³-hybridized carbons (Fsp3) is 0.0400. The zero-order valence-electron chi connectivity index (χ0n) is 15.1. The summed E-state index contributed by atoms with van der Waals surface area (Å²) in [5, 5.41) is 6.95. The molecule has 0 bridgehead atoms. The number of anilines is 4. The molecule has 0 aliphatic rings. The minimum atomic E-state index is 0.890. The Morgan fingerprint density at radius 2 is 0.963 bits per heavy atom. The van der Waals surface area contributed by atoms with Crippen molar-refractivity contribution in [1.29, 1.82) is 0 Å². The SMILES string of the molecule is c1ccc(Nc2ccc(Cc3ccccc3Nc3ccccc3)cc2)cc1. The Labute approximate surface area is 160 Å². The molecule has 4 aromatic carbocycles. The summed E-state index contributed by atoms with van der Waals surface area (Å²) >= 11 is 0. The molecule has 0 aliphatic heterocycles. The van der Waals surface area contributed by atoms with E-state index in [1.165, 1.54) is 11.1 Å². The van der Waals surface area contributed by atoms with Gasteiger partial charge in [0.2, 0.25) is 0 Å². The molecule has 4 rings (SSSR count). The van der Waals surface area contributed by atoms with Crippen molar-refractivity contribution in [3.63, 3.8) is 0 Å². The molecule has 0 heterocycles. The highest BCUT2D eigenvalue weighted by molar-refractivity contribution is 5.64. The van der Waals surface area contributed by atoms with Crippen LogP contribution in [0.15, 0.2) is 109 Å². The lowest BCUT2D eigenvalue weighted by atomic mass is 10.0. The number of benzene rings is 4. The highest BCUT2D eigenvalue weighted by atomic mass is 14.9. The van der Waals surface area contributed by atoms with Gasteiger partial charge in [0.1, 0.15) is 0 Å². The second-order valence-corrected chi connectivity index (χ2v) is 6.51. The van der Waals surface area contributed by atoms with Crippen LogP contribution in [-0.4, -0.2) is 0 Å². The first-order valence-electron chi connectivity index (χ1n) is 9.18. The maximum Gasteiger partial charge on any atom is 0.0420 e. The smallest absolute Gasteiger partial charge is 0.0420 e. The lowest BCUT2D eigenvalue weighted by Crippen LogP contribution is -1.97. The molecule has 2 heteroatoms. The maximum atomic E-state index is 3.52. The van der Waals surface area contributed by atoms with Crippen LogP contribution < -0.4 is 10.6 Å². The van der Waals surface area contributed by atoms with Gasteiger partial charge in [-0.15, -0.1) is 0 Å². The standard InChI is InChI=1S/C25H22N2/c1-3-10-22(11-4-1)26-24-17-15-20(16-18-24)19-21-9-7-8-14-25(21)27-23-12-5-2-6-13-23/h1-18,26-27H,19H2. The van der Waals surface area contributed by atoms with Crippen molar-refractivity contribution >= 4 is 22.7 Å². The molecule has 0 atom stereocenters. The Bertz CT molecular complexity index is 977. The summed E-state index contributed by atoms with van der Waals surface area (Å²) < 4.78 is 0. The van der Waals surface area contributed by atoms with Crippen LogP contribution in [0.4, 0.5) is 22.7 Å². The minimum Gasteiger partial charge on any atom is -0.356 e. The van der Waals surface area contributed by atoms with E-state index in [2.05, 4.69) is 83.4 Å². The molecule has 0 fully saturated rings. The molecule has 0 saturated carbocycles. The molecule has 2 nitrogen and oxygen atoms in total. The molecule has 0 radical (unpaired) electrons. The van der Waals surface area contributed by atoms with Crippen LogP contribution in [0.3, 0.4) is 0 Å². The Morgan fingerprint density at radius 1 is 0.444 bits per heavy atom. The fourth-order valence-electron chi connectivity index (χ4n) is 3.09. The summed E-state index contributed by atoms with van der Waals surface area (Å²) in [6.07, 6.45) is 0.890. The van der Waals surface area contributed by atoms with Gasteiger partial charge in [-0.3, -0.25) is 0 Å². The Balaban J connectivity index is 1.48. The van der Waals surface area contributed by atoms with Gasteiger partial charge < -0.3 is 10.6 Å². The first-order chi connectivity index (χ1) is 13.4. The van der Waals surface area contributed by atoms with Gasteiger partial charge in [0.15, 0.2) is 0 Å². The summed E-state index contributed by atoms with van der Waals surface area (Å²) in [4.78, 5) is 0. The third-order valence-corrected chi connectivity index (χ3v) is 4.48. The van der Waals surface area contributed by atoms with E-state index in [1.54, 1.807) is 0 Å². The molecule has 0 aromatic heterocycles. The van der Waals surface area contributed by atoms with Gasteiger partial charge in [0, 0.05) is 22.7 Å². The van der Waals surface area contributed by atoms with E-state index in [9.17, 15) is 0 Å².